The van der Waals surface area contributed by atoms with Crippen LogP contribution in [0.15, 0.2) is 24.3 Å². The van der Waals surface area contributed by atoms with Crippen molar-refractivity contribution >= 4 is 11.4 Å². The van der Waals surface area contributed by atoms with Crippen molar-refractivity contribution in [2.24, 2.45) is 0 Å². The number of nitro benzene ring substituents is 1. The third-order valence-corrected chi connectivity index (χ3v) is 1.71. The lowest BCUT2D eigenvalue weighted by Gasteiger charge is -2.15. The van der Waals surface area contributed by atoms with E-state index in [-0.39, 0.29) is 0 Å². The van der Waals surface area contributed by atoms with Gasteiger partial charge in [0.1, 0.15) is 0 Å². The van der Waals surface area contributed by atoms with E-state index in [2.05, 4.69) is 0 Å². The molecular weight excluding hydrogens is 247 g/mol. The van der Waals surface area contributed by atoms with E-state index < -0.39 is 32.6 Å². The normalized spacial score (nSPS) is 11.0. The maximum Gasteiger partial charge on any atom is 0.541 e. The highest BCUT2D eigenvalue weighted by Gasteiger charge is 2.50. The molecule has 0 spiro atoms. The first-order valence-electron chi connectivity index (χ1n) is 4.00. The molecule has 17 heavy (non-hydrogen) atoms. The number of benzene rings is 1. The summed E-state index contributed by atoms with van der Waals surface area (Å²) in [5.41, 5.74) is -2.14. The topological polar surface area (TPSA) is 89.5 Å². The highest BCUT2D eigenvalue weighted by Crippen LogP contribution is 2.34. The summed E-state index contributed by atoms with van der Waals surface area (Å²) in [7, 11) is 0. The van der Waals surface area contributed by atoms with Crippen LogP contribution in [-0.2, 0) is 0 Å². The second-order valence-electron chi connectivity index (χ2n) is 2.76. The van der Waals surface area contributed by atoms with Crippen LogP contribution in [-0.4, -0.2) is 16.3 Å². The largest absolute Gasteiger partial charge is 0.541 e. The number of para-hydroxylation sites is 2. The second-order valence-corrected chi connectivity index (χ2v) is 2.76. The summed E-state index contributed by atoms with van der Waals surface area (Å²) in [6, 6.07) is 3.53. The number of hydrogen-bond donors (Lipinski definition) is 0. The molecule has 1 rings (SSSR count). The van der Waals surface area contributed by atoms with Crippen LogP contribution in [0.2, 0.25) is 0 Å². The molecular formula is C7H4F3N3O4. The highest BCUT2D eigenvalue weighted by atomic mass is 19.4. The van der Waals surface area contributed by atoms with Gasteiger partial charge in [0.05, 0.1) is 4.92 Å². The maximum absolute atomic E-state index is 12.4. The third kappa shape index (κ3) is 2.59. The summed E-state index contributed by atoms with van der Waals surface area (Å²) in [5, 5.41) is 17.8. The Labute approximate surface area is 91.3 Å². The lowest BCUT2D eigenvalue weighted by atomic mass is 10.2. The number of anilines is 1. The van der Waals surface area contributed by atoms with Gasteiger partial charge in [-0.25, -0.2) is 10.1 Å². The van der Waals surface area contributed by atoms with Gasteiger partial charge in [-0.2, -0.15) is 0 Å². The van der Waals surface area contributed by atoms with Crippen LogP contribution in [0.3, 0.4) is 0 Å². The zero-order chi connectivity index (χ0) is 13.2. The van der Waals surface area contributed by atoms with Crippen LogP contribution in [0.1, 0.15) is 0 Å². The van der Waals surface area contributed by atoms with E-state index in [1.165, 1.54) is 0 Å². The first-order chi connectivity index (χ1) is 7.75. The van der Waals surface area contributed by atoms with Crippen LogP contribution in [0.5, 0.6) is 0 Å². The van der Waals surface area contributed by atoms with Crippen LogP contribution >= 0.6 is 0 Å². The lowest BCUT2D eigenvalue weighted by Crippen LogP contribution is -2.42. The maximum atomic E-state index is 12.4. The molecule has 0 atom stereocenters. The molecule has 1 aromatic carbocycles. The first-order valence-corrected chi connectivity index (χ1v) is 4.00. The average molecular weight is 251 g/mol. The summed E-state index contributed by atoms with van der Waals surface area (Å²) in [6.45, 7) is 0. The molecule has 0 bridgehead atoms. The standard InChI is InChI=1S/C7H4F3N3O4/c8-7(9,10)11(13(16)17)5-3-1-2-4-6(5)12(14)15/h1-4H. The minimum absolute atomic E-state index is 0.647. The second kappa shape index (κ2) is 4.23. The Kier molecular flexibility index (Phi) is 3.16. The summed E-state index contributed by atoms with van der Waals surface area (Å²) < 4.78 is 37.1. The fourth-order valence-electron chi connectivity index (χ4n) is 1.11. The number of halogens is 3. The number of hydrogen-bond acceptors (Lipinski definition) is 4. The molecule has 0 saturated heterocycles. The van der Waals surface area contributed by atoms with Crippen LogP contribution in [0.25, 0.3) is 0 Å². The lowest BCUT2D eigenvalue weighted by molar-refractivity contribution is -0.537. The Hall–Kier alpha value is -2.39. The first kappa shape index (κ1) is 12.7. The van der Waals surface area contributed by atoms with E-state index in [0.717, 1.165) is 18.2 Å². The Morgan fingerprint density at radius 3 is 2.06 bits per heavy atom. The van der Waals surface area contributed by atoms with Crippen molar-refractivity contribution in [2.45, 2.75) is 6.30 Å². The van der Waals surface area contributed by atoms with Crippen LogP contribution in [0, 0.1) is 20.2 Å². The number of nitro groups is 2. The van der Waals surface area contributed by atoms with Gasteiger partial charge in [-0.15, -0.1) is 13.2 Å². The van der Waals surface area contributed by atoms with Crippen molar-refractivity contribution < 1.29 is 23.1 Å². The van der Waals surface area contributed by atoms with E-state index in [1.54, 1.807) is 0 Å². The van der Waals surface area contributed by atoms with Crippen molar-refractivity contribution in [3.63, 3.8) is 0 Å². The van der Waals surface area contributed by atoms with Gasteiger partial charge >= 0.3 is 6.30 Å². The molecule has 0 aromatic heterocycles. The summed E-state index contributed by atoms with van der Waals surface area (Å²) in [4.78, 5) is 19.6. The Balaban J connectivity index is 3.39. The number of rotatable bonds is 3. The van der Waals surface area contributed by atoms with Gasteiger partial charge in [0, 0.05) is 11.1 Å². The summed E-state index contributed by atoms with van der Waals surface area (Å²) in [5.74, 6) is 0. The van der Waals surface area contributed by atoms with Crippen molar-refractivity contribution in [1.82, 2.24) is 0 Å². The van der Waals surface area contributed by atoms with E-state index >= 15 is 0 Å². The minimum Gasteiger partial charge on any atom is -0.258 e. The van der Waals surface area contributed by atoms with Gasteiger partial charge in [0.2, 0.25) is 0 Å². The fraction of sp³-hybridized carbons (Fsp3) is 0.143. The molecule has 7 nitrogen and oxygen atoms in total. The van der Waals surface area contributed by atoms with Crippen molar-refractivity contribution in [2.75, 3.05) is 5.01 Å². The molecule has 0 saturated carbocycles. The molecule has 1 aromatic rings. The van der Waals surface area contributed by atoms with Crippen molar-refractivity contribution in [1.29, 1.82) is 0 Å². The molecule has 92 valence electrons. The zero-order valence-electron chi connectivity index (χ0n) is 7.92. The average Bonchev–Trinajstić information content (AvgIpc) is 2.15. The van der Waals surface area contributed by atoms with Gasteiger partial charge in [-0.05, 0) is 6.07 Å². The Morgan fingerprint density at radius 2 is 1.65 bits per heavy atom. The molecule has 0 amide bonds. The van der Waals surface area contributed by atoms with Gasteiger partial charge in [-0.3, -0.25) is 10.1 Å². The van der Waals surface area contributed by atoms with Crippen molar-refractivity contribution in [3.8, 4) is 0 Å². The van der Waals surface area contributed by atoms with E-state index in [1.807, 2.05) is 0 Å². The summed E-state index contributed by atoms with van der Waals surface area (Å²) >= 11 is 0. The van der Waals surface area contributed by atoms with E-state index in [0.29, 0.717) is 6.07 Å². The number of alkyl halides is 3. The number of nitrogens with zero attached hydrogens (tertiary/aromatic N) is 3. The molecule has 0 N–H and O–H groups in total. The predicted molar refractivity (Wildman–Crippen MR) is 48.6 cm³/mol. The van der Waals surface area contributed by atoms with E-state index in [9.17, 15) is 33.4 Å². The molecule has 10 heteroatoms. The molecule has 0 fully saturated rings. The zero-order valence-corrected chi connectivity index (χ0v) is 7.92. The van der Waals surface area contributed by atoms with Crippen LogP contribution < -0.4 is 5.01 Å². The molecule has 0 aliphatic carbocycles. The molecule has 0 aliphatic rings. The third-order valence-electron chi connectivity index (χ3n) is 1.71. The Morgan fingerprint density at radius 1 is 1.12 bits per heavy atom. The van der Waals surface area contributed by atoms with Gasteiger partial charge in [-0.1, -0.05) is 12.1 Å². The van der Waals surface area contributed by atoms with Crippen LogP contribution in [0.4, 0.5) is 24.5 Å². The molecule has 0 aliphatic heterocycles. The smallest absolute Gasteiger partial charge is 0.258 e. The summed E-state index contributed by atoms with van der Waals surface area (Å²) in [6.07, 6.45) is -5.35. The monoisotopic (exact) mass is 251 g/mol. The van der Waals surface area contributed by atoms with Gasteiger partial charge in [0.15, 0.2) is 10.7 Å². The Bertz CT molecular complexity index is 462. The van der Waals surface area contributed by atoms with Gasteiger partial charge in [0.25, 0.3) is 5.69 Å². The highest BCUT2D eigenvalue weighted by molar-refractivity contribution is 5.61. The SMILES string of the molecule is O=[N+]([O-])c1ccccc1N([N+](=O)[O-])C(F)(F)F. The molecule has 0 radical (unpaired) electrons. The minimum atomic E-state index is -5.35. The van der Waals surface area contributed by atoms with Crippen molar-refractivity contribution in [3.05, 3.63) is 44.5 Å². The quantitative estimate of drug-likeness (QED) is 0.466. The molecule has 0 heterocycles. The fourth-order valence-corrected chi connectivity index (χ4v) is 1.11. The van der Waals surface area contributed by atoms with E-state index in [4.69, 9.17) is 0 Å². The number of hydrazine groups is 1. The molecule has 0 unspecified atom stereocenters. The van der Waals surface area contributed by atoms with Gasteiger partial charge < -0.3 is 0 Å². The predicted octanol–water partition coefficient (Wildman–Crippen LogP) is 2.11.